The minimum atomic E-state index is -5.67. The number of thioether (sulfide) groups is 1. The van der Waals surface area contributed by atoms with Crippen LogP contribution in [0.1, 0.15) is 33.6 Å². The zero-order valence-corrected chi connectivity index (χ0v) is 13.3. The van der Waals surface area contributed by atoms with Gasteiger partial charge in [0.15, 0.2) is 5.78 Å². The normalized spacial score (nSPS) is 16.5. The highest BCUT2D eigenvalue weighted by Crippen LogP contribution is 2.25. The van der Waals surface area contributed by atoms with Gasteiger partial charge in [0.05, 0.1) is 0 Å². The van der Waals surface area contributed by atoms with Crippen molar-refractivity contribution in [3.05, 3.63) is 0 Å². The second kappa shape index (κ2) is 7.65. The van der Waals surface area contributed by atoms with Crippen LogP contribution in [0.2, 0.25) is 0 Å². The Hall–Kier alpha value is -0.280. The maximum Gasteiger partial charge on any atom is 0.523 e. The number of hydrogen-bond donors (Lipinski definition) is 0. The van der Waals surface area contributed by atoms with Crippen molar-refractivity contribution in [3.8, 4) is 0 Å². The molecule has 1 heterocycles. The van der Waals surface area contributed by atoms with Gasteiger partial charge in [0.2, 0.25) is 0 Å². The van der Waals surface area contributed by atoms with Crippen LogP contribution in [0.5, 0.6) is 0 Å². The van der Waals surface area contributed by atoms with Crippen LogP contribution in [-0.4, -0.2) is 37.8 Å². The molecule has 0 N–H and O–H groups in total. The molecule has 0 bridgehead atoms. The number of carbonyl (C=O) groups excluding carboxylic acids is 1. The molecule has 0 aliphatic carbocycles. The van der Waals surface area contributed by atoms with E-state index in [2.05, 4.69) is 15.9 Å². The quantitative estimate of drug-likeness (QED) is 0.586. The number of carbonyl (C=O) groups is 1. The lowest BCUT2D eigenvalue weighted by Crippen LogP contribution is -2.31. The summed E-state index contributed by atoms with van der Waals surface area (Å²) in [6, 6.07) is 0. The number of Topliss-reactive ketones (excluding diaryl/α,β-unsaturated/α-hetero) is 1. The van der Waals surface area contributed by atoms with Crippen LogP contribution < -0.4 is 0 Å². The molecule has 0 radical (unpaired) electrons. The van der Waals surface area contributed by atoms with E-state index in [9.17, 15) is 26.4 Å². The van der Waals surface area contributed by atoms with E-state index in [1.54, 1.807) is 0 Å². The van der Waals surface area contributed by atoms with E-state index in [-0.39, 0.29) is 0 Å². The van der Waals surface area contributed by atoms with Crippen molar-refractivity contribution in [2.24, 2.45) is 5.41 Å². The molecule has 1 aliphatic rings. The van der Waals surface area contributed by atoms with Crippen molar-refractivity contribution in [1.29, 1.82) is 0 Å². The van der Waals surface area contributed by atoms with Crippen molar-refractivity contribution >= 4 is 27.7 Å². The first kappa shape index (κ1) is 19.7. The summed E-state index contributed by atoms with van der Waals surface area (Å²) < 4.78 is 59.6. The SMILES string of the molecule is C1CCSC1.CC(C)(C)C(=O)COS(=O)(=O)C(F)(F)F. The van der Waals surface area contributed by atoms with Gasteiger partial charge in [0, 0.05) is 5.41 Å². The standard InChI is InChI=1S/C7H11F3O4S.C4H8S/c1-6(2,3)5(11)4-14-15(12,13)7(8,9)10;1-2-4-5-3-1/h4H2,1-3H3;1-4H2. The van der Waals surface area contributed by atoms with Crippen molar-refractivity contribution < 1.29 is 30.6 Å². The minimum Gasteiger partial charge on any atom is -0.296 e. The van der Waals surface area contributed by atoms with Crippen molar-refractivity contribution in [3.63, 3.8) is 0 Å². The molecule has 0 amide bonds. The predicted molar refractivity (Wildman–Crippen MR) is 71.9 cm³/mol. The van der Waals surface area contributed by atoms with Crippen LogP contribution in [0.25, 0.3) is 0 Å². The molecule has 0 unspecified atom stereocenters. The zero-order valence-electron chi connectivity index (χ0n) is 11.6. The molecule has 20 heavy (non-hydrogen) atoms. The third-order valence-corrected chi connectivity index (χ3v) is 4.44. The van der Waals surface area contributed by atoms with Crippen LogP contribution in [-0.2, 0) is 19.1 Å². The topological polar surface area (TPSA) is 60.4 Å². The highest BCUT2D eigenvalue weighted by Gasteiger charge is 2.47. The summed E-state index contributed by atoms with van der Waals surface area (Å²) in [4.78, 5) is 11.1. The Kier molecular flexibility index (Phi) is 7.54. The number of alkyl halides is 3. The van der Waals surface area contributed by atoms with Gasteiger partial charge in [-0.2, -0.15) is 33.4 Å². The third-order valence-electron chi connectivity index (χ3n) is 2.29. The summed E-state index contributed by atoms with van der Waals surface area (Å²) in [7, 11) is -5.67. The Balaban J connectivity index is 0.000000595. The van der Waals surface area contributed by atoms with E-state index < -0.39 is 33.4 Å². The first-order valence-electron chi connectivity index (χ1n) is 5.94. The second-order valence-electron chi connectivity index (χ2n) is 5.15. The average molecular weight is 336 g/mol. The summed E-state index contributed by atoms with van der Waals surface area (Å²) in [5, 5.41) is 0. The lowest BCUT2D eigenvalue weighted by atomic mass is 9.91. The fraction of sp³-hybridized carbons (Fsp3) is 0.909. The van der Waals surface area contributed by atoms with Crippen molar-refractivity contribution in [2.75, 3.05) is 18.1 Å². The van der Waals surface area contributed by atoms with E-state index >= 15 is 0 Å². The monoisotopic (exact) mass is 336 g/mol. The Morgan fingerprint density at radius 1 is 1.15 bits per heavy atom. The molecule has 1 fully saturated rings. The van der Waals surface area contributed by atoms with Gasteiger partial charge in [-0.05, 0) is 24.3 Å². The van der Waals surface area contributed by atoms with E-state index in [1.165, 1.54) is 45.1 Å². The summed E-state index contributed by atoms with van der Waals surface area (Å²) in [6.07, 6.45) is 2.93. The van der Waals surface area contributed by atoms with E-state index in [0.29, 0.717) is 0 Å². The zero-order chi connectivity index (χ0) is 16.0. The lowest BCUT2D eigenvalue weighted by Gasteiger charge is -2.16. The van der Waals surface area contributed by atoms with E-state index in [0.717, 1.165) is 0 Å². The molecule has 0 aromatic carbocycles. The van der Waals surface area contributed by atoms with Gasteiger partial charge < -0.3 is 0 Å². The minimum absolute atomic E-state index is 0.727. The Morgan fingerprint density at radius 2 is 1.60 bits per heavy atom. The van der Waals surface area contributed by atoms with Gasteiger partial charge in [0.1, 0.15) is 6.61 Å². The summed E-state index contributed by atoms with van der Waals surface area (Å²) >= 11 is 2.07. The van der Waals surface area contributed by atoms with E-state index in [4.69, 9.17) is 0 Å². The van der Waals surface area contributed by atoms with Gasteiger partial charge in [0.25, 0.3) is 0 Å². The van der Waals surface area contributed by atoms with Crippen molar-refractivity contribution in [1.82, 2.24) is 0 Å². The largest absolute Gasteiger partial charge is 0.523 e. The molecule has 0 spiro atoms. The van der Waals surface area contributed by atoms with Crippen LogP contribution in [0.3, 0.4) is 0 Å². The summed E-state index contributed by atoms with van der Waals surface area (Å²) in [5.41, 5.74) is -6.44. The maximum atomic E-state index is 11.8. The van der Waals surface area contributed by atoms with Gasteiger partial charge in [-0.15, -0.1) is 0 Å². The summed E-state index contributed by atoms with van der Waals surface area (Å²) in [6.45, 7) is 3.22. The third kappa shape index (κ3) is 7.49. The summed E-state index contributed by atoms with van der Waals surface area (Å²) in [5.74, 6) is 2.11. The second-order valence-corrected chi connectivity index (χ2v) is 7.99. The van der Waals surface area contributed by atoms with Gasteiger partial charge in [-0.3, -0.25) is 8.98 Å². The van der Waals surface area contributed by atoms with Crippen LogP contribution >= 0.6 is 11.8 Å². The number of hydrogen-bond acceptors (Lipinski definition) is 5. The molecule has 1 rings (SSSR count). The van der Waals surface area contributed by atoms with Gasteiger partial charge in [-0.25, -0.2) is 0 Å². The Bertz CT molecular complexity index is 399. The average Bonchev–Trinajstić information content (AvgIpc) is 2.81. The molecular formula is C11H19F3O4S2. The highest BCUT2D eigenvalue weighted by molar-refractivity contribution is 7.99. The van der Waals surface area contributed by atoms with Crippen LogP contribution in [0.15, 0.2) is 0 Å². The Morgan fingerprint density at radius 3 is 1.85 bits per heavy atom. The highest BCUT2D eigenvalue weighted by atomic mass is 32.2. The molecule has 120 valence electrons. The first-order chi connectivity index (χ1) is 8.88. The molecule has 1 aliphatic heterocycles. The predicted octanol–water partition coefficient (Wildman–Crippen LogP) is 2.98. The molecular weight excluding hydrogens is 317 g/mol. The molecule has 9 heteroatoms. The van der Waals surface area contributed by atoms with E-state index in [1.807, 2.05) is 0 Å². The first-order valence-corrected chi connectivity index (χ1v) is 8.51. The number of halogens is 3. The molecule has 4 nitrogen and oxygen atoms in total. The lowest BCUT2D eigenvalue weighted by molar-refractivity contribution is -0.128. The number of rotatable bonds is 3. The fourth-order valence-corrected chi connectivity index (χ4v) is 2.34. The van der Waals surface area contributed by atoms with Gasteiger partial charge >= 0.3 is 15.6 Å². The smallest absolute Gasteiger partial charge is 0.296 e. The number of ketones is 1. The van der Waals surface area contributed by atoms with Gasteiger partial charge in [-0.1, -0.05) is 20.8 Å². The molecule has 0 aromatic heterocycles. The molecule has 0 aromatic rings. The maximum absolute atomic E-state index is 11.8. The molecule has 1 saturated heterocycles. The van der Waals surface area contributed by atoms with Crippen LogP contribution in [0.4, 0.5) is 13.2 Å². The Labute approximate surface area is 121 Å². The molecule has 0 atom stereocenters. The fourth-order valence-electron chi connectivity index (χ4n) is 0.925. The van der Waals surface area contributed by atoms with Crippen LogP contribution in [0, 0.1) is 5.41 Å². The van der Waals surface area contributed by atoms with Crippen molar-refractivity contribution in [2.45, 2.75) is 39.1 Å². The molecule has 0 saturated carbocycles.